The predicted octanol–water partition coefficient (Wildman–Crippen LogP) is 3.61. The monoisotopic (exact) mass is 376 g/mol. The average molecular weight is 376 g/mol. The van der Waals surface area contributed by atoms with E-state index in [0.717, 1.165) is 46.3 Å². The summed E-state index contributed by atoms with van der Waals surface area (Å²) >= 11 is 0. The summed E-state index contributed by atoms with van der Waals surface area (Å²) in [6.45, 7) is 1.84. The second kappa shape index (κ2) is 7.68. The lowest BCUT2D eigenvalue weighted by Gasteiger charge is -2.12. The van der Waals surface area contributed by atoms with Crippen LogP contribution in [0.2, 0.25) is 0 Å². The van der Waals surface area contributed by atoms with E-state index in [1.165, 1.54) is 6.92 Å². The highest BCUT2D eigenvalue weighted by atomic mass is 16.5. The summed E-state index contributed by atoms with van der Waals surface area (Å²) in [7, 11) is 0. The first kappa shape index (κ1) is 18.0. The summed E-state index contributed by atoms with van der Waals surface area (Å²) in [4.78, 5) is 28.7. The molecular formula is C22H20N2O4. The first-order valence-corrected chi connectivity index (χ1v) is 9.21. The minimum absolute atomic E-state index is 0.124. The second-order valence-corrected chi connectivity index (χ2v) is 6.63. The molecule has 1 N–H and O–H groups in total. The molecule has 142 valence electrons. The zero-order valence-corrected chi connectivity index (χ0v) is 15.5. The Morgan fingerprint density at radius 1 is 1.21 bits per heavy atom. The van der Waals surface area contributed by atoms with E-state index in [4.69, 9.17) is 14.1 Å². The number of nitrogens with one attached hydrogen (secondary N) is 1. The van der Waals surface area contributed by atoms with Crippen molar-refractivity contribution >= 4 is 34.4 Å². The predicted molar refractivity (Wildman–Crippen MR) is 106 cm³/mol. The summed E-state index contributed by atoms with van der Waals surface area (Å²) in [6.07, 6.45) is 5.11. The maximum Gasteiger partial charge on any atom is 0.339 e. The molecule has 1 aliphatic carbocycles. The molecule has 0 saturated carbocycles. The molecule has 0 saturated heterocycles. The first-order valence-electron chi connectivity index (χ1n) is 9.21. The number of ether oxygens (including phenoxy) is 1. The van der Waals surface area contributed by atoms with E-state index < -0.39 is 0 Å². The number of furan rings is 1. The summed E-state index contributed by atoms with van der Waals surface area (Å²) in [5.41, 5.74) is 4.08. The van der Waals surface area contributed by atoms with Crippen LogP contribution in [0.3, 0.4) is 0 Å². The van der Waals surface area contributed by atoms with Crippen molar-refractivity contribution in [2.24, 2.45) is 0 Å². The number of fused-ring (bicyclic) bond motifs is 2. The van der Waals surface area contributed by atoms with Crippen molar-refractivity contribution in [1.29, 1.82) is 0 Å². The Morgan fingerprint density at radius 2 is 2.07 bits per heavy atom. The fourth-order valence-electron chi connectivity index (χ4n) is 3.50. The smallest absolute Gasteiger partial charge is 0.339 e. The van der Waals surface area contributed by atoms with E-state index in [1.54, 1.807) is 6.26 Å². The lowest BCUT2D eigenvalue weighted by Crippen LogP contribution is -2.25. The number of carbonyl (C=O) groups is 2. The van der Waals surface area contributed by atoms with Crippen LogP contribution >= 0.6 is 0 Å². The molecule has 1 aliphatic rings. The lowest BCUT2D eigenvalue weighted by atomic mass is 10.0. The number of nitrogens with zero attached hydrogens (tertiary/aromatic N) is 1. The van der Waals surface area contributed by atoms with Gasteiger partial charge in [0.2, 0.25) is 5.91 Å². The average Bonchev–Trinajstić information content (AvgIpc) is 3.34. The van der Waals surface area contributed by atoms with Crippen molar-refractivity contribution in [1.82, 2.24) is 10.3 Å². The number of carbonyl (C=O) groups excluding carboxylic acids is 2. The normalized spacial score (nSPS) is 14.2. The number of aromatic nitrogens is 1. The highest BCUT2D eigenvalue weighted by Crippen LogP contribution is 2.37. The van der Waals surface area contributed by atoms with E-state index in [1.807, 2.05) is 42.5 Å². The number of pyridine rings is 1. The molecule has 1 amide bonds. The number of esters is 1. The number of amides is 1. The number of hydrogen-bond donors (Lipinski definition) is 1. The SMILES string of the molecule is CC(=O)NCCOC(=O)c1c2c(nc3ccccc13)/C(=C\c1ccco1)CC2. The van der Waals surface area contributed by atoms with Gasteiger partial charge in [-0.25, -0.2) is 9.78 Å². The molecule has 4 rings (SSSR count). The molecule has 0 unspecified atom stereocenters. The minimum Gasteiger partial charge on any atom is -0.465 e. The van der Waals surface area contributed by atoms with Gasteiger partial charge in [-0.3, -0.25) is 4.79 Å². The standard InChI is InChI=1S/C22H20N2O4/c1-14(25)23-10-12-28-22(26)20-17-6-2-3-7-19(17)24-21-15(8-9-18(20)21)13-16-5-4-11-27-16/h2-7,11,13H,8-10,12H2,1H3,(H,23,25)/b15-13-. The van der Waals surface area contributed by atoms with Crippen LogP contribution in [0.4, 0.5) is 0 Å². The fraction of sp³-hybridized carbons (Fsp3) is 0.227. The van der Waals surface area contributed by atoms with Crippen LogP contribution in [0.1, 0.15) is 40.7 Å². The van der Waals surface area contributed by atoms with Crippen molar-refractivity contribution in [2.75, 3.05) is 13.2 Å². The molecule has 0 radical (unpaired) electrons. The van der Waals surface area contributed by atoms with E-state index in [9.17, 15) is 9.59 Å². The number of hydrogen-bond acceptors (Lipinski definition) is 5. The van der Waals surface area contributed by atoms with Crippen molar-refractivity contribution in [3.05, 3.63) is 65.2 Å². The van der Waals surface area contributed by atoms with Gasteiger partial charge < -0.3 is 14.5 Å². The molecule has 0 fully saturated rings. The van der Waals surface area contributed by atoms with Gasteiger partial charge in [-0.15, -0.1) is 0 Å². The van der Waals surface area contributed by atoms with Gasteiger partial charge >= 0.3 is 5.97 Å². The summed E-state index contributed by atoms with van der Waals surface area (Å²) in [6, 6.07) is 11.3. The highest BCUT2D eigenvalue weighted by molar-refractivity contribution is 6.07. The van der Waals surface area contributed by atoms with Gasteiger partial charge in [0.25, 0.3) is 0 Å². The van der Waals surface area contributed by atoms with Crippen LogP contribution in [-0.2, 0) is 16.0 Å². The van der Waals surface area contributed by atoms with E-state index >= 15 is 0 Å². The number of benzene rings is 1. The largest absolute Gasteiger partial charge is 0.465 e. The van der Waals surface area contributed by atoms with E-state index in [2.05, 4.69) is 5.32 Å². The van der Waals surface area contributed by atoms with Crippen molar-refractivity contribution in [3.8, 4) is 0 Å². The zero-order chi connectivity index (χ0) is 19.5. The maximum atomic E-state index is 12.9. The van der Waals surface area contributed by atoms with Crippen LogP contribution in [0.15, 0.2) is 47.1 Å². The Morgan fingerprint density at radius 3 is 2.86 bits per heavy atom. The van der Waals surface area contributed by atoms with Gasteiger partial charge in [-0.2, -0.15) is 0 Å². The topological polar surface area (TPSA) is 81.4 Å². The molecule has 2 heterocycles. The van der Waals surface area contributed by atoms with Gasteiger partial charge in [0.05, 0.1) is 29.6 Å². The molecule has 6 heteroatoms. The number of allylic oxidation sites excluding steroid dienone is 1. The fourth-order valence-corrected chi connectivity index (χ4v) is 3.50. The summed E-state index contributed by atoms with van der Waals surface area (Å²) in [5.74, 6) is 0.218. The quantitative estimate of drug-likeness (QED) is 0.543. The van der Waals surface area contributed by atoms with Gasteiger partial charge in [0.15, 0.2) is 0 Å². The third-order valence-electron chi connectivity index (χ3n) is 4.71. The van der Waals surface area contributed by atoms with Crippen LogP contribution in [0.5, 0.6) is 0 Å². The van der Waals surface area contributed by atoms with Gasteiger partial charge in [0.1, 0.15) is 12.4 Å². The Hall–Kier alpha value is -3.41. The highest BCUT2D eigenvalue weighted by Gasteiger charge is 2.27. The first-order chi connectivity index (χ1) is 13.6. The molecule has 2 aromatic heterocycles. The molecule has 1 aromatic carbocycles. The Labute approximate surface area is 162 Å². The van der Waals surface area contributed by atoms with Gasteiger partial charge in [-0.1, -0.05) is 18.2 Å². The van der Waals surface area contributed by atoms with E-state index in [-0.39, 0.29) is 25.0 Å². The van der Waals surface area contributed by atoms with Crippen LogP contribution < -0.4 is 5.32 Å². The molecule has 0 spiro atoms. The Bertz CT molecular complexity index is 1070. The van der Waals surface area contributed by atoms with Crippen molar-refractivity contribution in [3.63, 3.8) is 0 Å². The molecule has 3 aromatic rings. The Balaban J connectivity index is 1.72. The van der Waals surface area contributed by atoms with Crippen LogP contribution in [0, 0.1) is 0 Å². The molecule has 28 heavy (non-hydrogen) atoms. The summed E-state index contributed by atoms with van der Waals surface area (Å²) < 4.78 is 10.9. The lowest BCUT2D eigenvalue weighted by molar-refractivity contribution is -0.119. The van der Waals surface area contributed by atoms with Crippen LogP contribution in [-0.4, -0.2) is 30.0 Å². The molecule has 0 aliphatic heterocycles. The van der Waals surface area contributed by atoms with Crippen molar-refractivity contribution in [2.45, 2.75) is 19.8 Å². The molecule has 0 atom stereocenters. The van der Waals surface area contributed by atoms with E-state index in [0.29, 0.717) is 5.56 Å². The van der Waals surface area contributed by atoms with Crippen molar-refractivity contribution < 1.29 is 18.7 Å². The third kappa shape index (κ3) is 3.53. The second-order valence-electron chi connectivity index (χ2n) is 6.63. The maximum absolute atomic E-state index is 12.9. The molecular weight excluding hydrogens is 356 g/mol. The van der Waals surface area contributed by atoms with Gasteiger partial charge in [0, 0.05) is 12.3 Å². The zero-order valence-electron chi connectivity index (χ0n) is 15.5. The summed E-state index contributed by atoms with van der Waals surface area (Å²) in [5, 5.41) is 3.41. The molecule has 6 nitrogen and oxygen atoms in total. The molecule has 0 bridgehead atoms. The minimum atomic E-state index is -0.389. The third-order valence-corrected chi connectivity index (χ3v) is 4.71. The number of para-hydroxylation sites is 1. The Kier molecular flexibility index (Phi) is 4.93. The van der Waals surface area contributed by atoms with Crippen LogP contribution in [0.25, 0.3) is 22.6 Å². The number of rotatable bonds is 5. The van der Waals surface area contributed by atoms with Gasteiger partial charge in [-0.05, 0) is 48.3 Å².